The molecule has 6 heteroatoms. The maximum Gasteiger partial charge on any atom is 0.303 e. The van der Waals surface area contributed by atoms with Gasteiger partial charge in [-0.3, -0.25) is 4.79 Å². The number of methoxy groups -OCH3 is 1. The number of carboxylic acid groups (broad SMARTS) is 1. The van der Waals surface area contributed by atoms with Crippen LogP contribution in [0.4, 0.5) is 5.69 Å². The highest BCUT2D eigenvalue weighted by Crippen LogP contribution is 2.29. The van der Waals surface area contributed by atoms with Gasteiger partial charge in [0, 0.05) is 25.7 Å². The Hall–Kier alpha value is -1.27. The molecule has 0 aliphatic rings. The van der Waals surface area contributed by atoms with Crippen molar-refractivity contribution in [2.75, 3.05) is 25.6 Å². The SMILES string of the molecule is COc1ccc(N(C)CC(O)CCC(=O)O)cc1Br. The molecule has 19 heavy (non-hydrogen) atoms. The lowest BCUT2D eigenvalue weighted by atomic mass is 10.2. The molecule has 0 aromatic heterocycles. The van der Waals surface area contributed by atoms with E-state index in [0.717, 1.165) is 15.9 Å². The van der Waals surface area contributed by atoms with E-state index in [0.29, 0.717) is 6.54 Å². The highest BCUT2D eigenvalue weighted by Gasteiger charge is 2.12. The molecule has 1 aromatic rings. The van der Waals surface area contributed by atoms with Crippen molar-refractivity contribution in [1.29, 1.82) is 0 Å². The van der Waals surface area contributed by atoms with E-state index in [1.807, 2.05) is 30.1 Å². The van der Waals surface area contributed by atoms with Crippen LogP contribution in [0.3, 0.4) is 0 Å². The fourth-order valence-electron chi connectivity index (χ4n) is 1.70. The molecule has 0 aliphatic carbocycles. The number of carbonyl (C=O) groups is 1. The Balaban J connectivity index is 2.60. The average Bonchev–Trinajstić information content (AvgIpc) is 2.36. The summed E-state index contributed by atoms with van der Waals surface area (Å²) in [6.07, 6.45) is -0.444. The predicted octanol–water partition coefficient (Wildman–Crippen LogP) is 2.12. The lowest BCUT2D eigenvalue weighted by Gasteiger charge is -2.23. The first-order chi connectivity index (χ1) is 8.93. The van der Waals surface area contributed by atoms with E-state index in [9.17, 15) is 9.90 Å². The van der Waals surface area contributed by atoms with Gasteiger partial charge in [0.2, 0.25) is 0 Å². The minimum Gasteiger partial charge on any atom is -0.496 e. The number of aliphatic hydroxyl groups excluding tert-OH is 1. The minimum atomic E-state index is -0.895. The van der Waals surface area contributed by atoms with Crippen LogP contribution in [0.5, 0.6) is 5.75 Å². The Morgan fingerprint density at radius 2 is 2.21 bits per heavy atom. The van der Waals surface area contributed by atoms with Crippen LogP contribution in [-0.4, -0.2) is 43.0 Å². The summed E-state index contributed by atoms with van der Waals surface area (Å²) in [5.74, 6) is -0.155. The first-order valence-electron chi connectivity index (χ1n) is 5.88. The summed E-state index contributed by atoms with van der Waals surface area (Å²) in [5, 5.41) is 18.3. The van der Waals surface area contributed by atoms with Crippen molar-refractivity contribution >= 4 is 27.6 Å². The molecule has 0 bridgehead atoms. The van der Waals surface area contributed by atoms with E-state index >= 15 is 0 Å². The summed E-state index contributed by atoms with van der Waals surface area (Å²) in [6, 6.07) is 5.61. The van der Waals surface area contributed by atoms with Gasteiger partial charge in [-0.15, -0.1) is 0 Å². The lowest BCUT2D eigenvalue weighted by Crippen LogP contribution is -2.29. The standard InChI is InChI=1S/C13H18BrNO4/c1-15(8-10(16)4-6-13(17)18)9-3-5-12(19-2)11(14)7-9/h3,5,7,10,16H,4,6,8H2,1-2H3,(H,17,18). The number of hydrogen-bond acceptors (Lipinski definition) is 4. The van der Waals surface area contributed by atoms with Crippen LogP contribution < -0.4 is 9.64 Å². The summed E-state index contributed by atoms with van der Waals surface area (Å²) in [4.78, 5) is 12.3. The number of halogens is 1. The number of hydrogen-bond donors (Lipinski definition) is 2. The molecule has 0 heterocycles. The summed E-state index contributed by atoms with van der Waals surface area (Å²) in [7, 11) is 3.44. The highest BCUT2D eigenvalue weighted by atomic mass is 79.9. The van der Waals surface area contributed by atoms with E-state index in [1.165, 1.54) is 0 Å². The number of nitrogens with zero attached hydrogens (tertiary/aromatic N) is 1. The van der Waals surface area contributed by atoms with Gasteiger partial charge in [-0.25, -0.2) is 0 Å². The second kappa shape index (κ2) is 7.35. The third-order valence-electron chi connectivity index (χ3n) is 2.75. The minimum absolute atomic E-state index is 0.0265. The second-order valence-electron chi connectivity index (χ2n) is 4.29. The number of benzene rings is 1. The van der Waals surface area contributed by atoms with Crippen LogP contribution in [-0.2, 0) is 4.79 Å². The first-order valence-corrected chi connectivity index (χ1v) is 6.68. The van der Waals surface area contributed by atoms with Crippen molar-refractivity contribution in [2.24, 2.45) is 0 Å². The Bertz CT molecular complexity index is 439. The van der Waals surface area contributed by atoms with Crippen molar-refractivity contribution in [2.45, 2.75) is 18.9 Å². The topological polar surface area (TPSA) is 70.0 Å². The quantitative estimate of drug-likeness (QED) is 0.800. The molecule has 0 saturated heterocycles. The average molecular weight is 332 g/mol. The number of likely N-dealkylation sites (N-methyl/N-ethyl adjacent to an activating group) is 1. The second-order valence-corrected chi connectivity index (χ2v) is 5.14. The smallest absolute Gasteiger partial charge is 0.303 e. The molecule has 0 spiro atoms. The number of aliphatic carboxylic acids is 1. The van der Waals surface area contributed by atoms with E-state index in [1.54, 1.807) is 7.11 Å². The van der Waals surface area contributed by atoms with Gasteiger partial charge in [0.05, 0.1) is 17.7 Å². The molecule has 5 nitrogen and oxygen atoms in total. The zero-order valence-electron chi connectivity index (χ0n) is 11.0. The number of aliphatic hydroxyl groups is 1. The van der Waals surface area contributed by atoms with Crippen molar-refractivity contribution in [3.8, 4) is 5.75 Å². The molecular weight excluding hydrogens is 314 g/mol. The van der Waals surface area contributed by atoms with Gasteiger partial charge in [-0.1, -0.05) is 0 Å². The molecule has 0 saturated carbocycles. The highest BCUT2D eigenvalue weighted by molar-refractivity contribution is 9.10. The normalized spacial score (nSPS) is 12.0. The number of carboxylic acids is 1. The molecule has 1 atom stereocenters. The zero-order chi connectivity index (χ0) is 14.4. The van der Waals surface area contributed by atoms with Crippen LogP contribution in [0.1, 0.15) is 12.8 Å². The molecule has 0 aliphatic heterocycles. The molecule has 0 fully saturated rings. The van der Waals surface area contributed by atoms with Crippen molar-refractivity contribution in [1.82, 2.24) is 0 Å². The van der Waals surface area contributed by atoms with E-state index in [2.05, 4.69) is 15.9 Å². The number of anilines is 1. The van der Waals surface area contributed by atoms with Crippen LogP contribution in [0.2, 0.25) is 0 Å². The molecule has 1 rings (SSSR count). The fraction of sp³-hybridized carbons (Fsp3) is 0.462. The van der Waals surface area contributed by atoms with Gasteiger partial charge in [0.25, 0.3) is 0 Å². The monoisotopic (exact) mass is 331 g/mol. The molecule has 2 N–H and O–H groups in total. The van der Waals surface area contributed by atoms with Crippen molar-refractivity contribution in [3.63, 3.8) is 0 Å². The summed E-state index contributed by atoms with van der Waals surface area (Å²) in [6.45, 7) is 0.381. The molecule has 1 aromatic carbocycles. The van der Waals surface area contributed by atoms with Gasteiger partial charge in [0.1, 0.15) is 5.75 Å². The van der Waals surface area contributed by atoms with Crippen molar-refractivity contribution < 1.29 is 19.7 Å². The molecular formula is C13H18BrNO4. The van der Waals surface area contributed by atoms with Crippen LogP contribution >= 0.6 is 15.9 Å². The maximum atomic E-state index is 10.4. The van der Waals surface area contributed by atoms with Crippen LogP contribution in [0.25, 0.3) is 0 Å². The van der Waals surface area contributed by atoms with Gasteiger partial charge in [0.15, 0.2) is 0 Å². The maximum absolute atomic E-state index is 10.4. The Labute approximate surface area is 120 Å². The Morgan fingerprint density at radius 1 is 1.53 bits per heavy atom. The largest absolute Gasteiger partial charge is 0.496 e. The molecule has 0 amide bonds. The summed E-state index contributed by atoms with van der Waals surface area (Å²) in [5.41, 5.74) is 0.919. The van der Waals surface area contributed by atoms with E-state index in [4.69, 9.17) is 9.84 Å². The molecule has 0 radical (unpaired) electrons. The lowest BCUT2D eigenvalue weighted by molar-refractivity contribution is -0.137. The van der Waals surface area contributed by atoms with Gasteiger partial charge in [-0.05, 0) is 40.5 Å². The molecule has 1 unspecified atom stereocenters. The Morgan fingerprint density at radius 3 is 2.74 bits per heavy atom. The molecule has 106 valence electrons. The van der Waals surface area contributed by atoms with Gasteiger partial charge >= 0.3 is 5.97 Å². The third-order valence-corrected chi connectivity index (χ3v) is 3.37. The van der Waals surface area contributed by atoms with Gasteiger partial charge in [-0.2, -0.15) is 0 Å². The van der Waals surface area contributed by atoms with Crippen molar-refractivity contribution in [3.05, 3.63) is 22.7 Å². The third kappa shape index (κ3) is 5.08. The van der Waals surface area contributed by atoms with Crippen LogP contribution in [0.15, 0.2) is 22.7 Å². The fourth-order valence-corrected chi connectivity index (χ4v) is 2.22. The predicted molar refractivity (Wildman–Crippen MR) is 76.8 cm³/mol. The summed E-state index contributed by atoms with van der Waals surface area (Å²) < 4.78 is 5.98. The number of ether oxygens (including phenoxy) is 1. The first kappa shape index (κ1) is 15.8. The van der Waals surface area contributed by atoms with Crippen LogP contribution in [0, 0.1) is 0 Å². The van der Waals surface area contributed by atoms with Gasteiger partial charge < -0.3 is 19.8 Å². The Kier molecular flexibility index (Phi) is 6.11. The van der Waals surface area contributed by atoms with E-state index in [-0.39, 0.29) is 12.8 Å². The number of rotatable bonds is 7. The summed E-state index contributed by atoms with van der Waals surface area (Å²) >= 11 is 3.40. The zero-order valence-corrected chi connectivity index (χ0v) is 12.6. The van der Waals surface area contributed by atoms with E-state index < -0.39 is 12.1 Å².